The maximum Gasteiger partial charge on any atom is 0.417 e. The van der Waals surface area contributed by atoms with Crippen LogP contribution in [0.1, 0.15) is 11.3 Å². The number of hydrogen-bond acceptors (Lipinski definition) is 2. The molecular formula is C14H10F3N3. The number of aryl methyl sites for hydroxylation is 1. The number of benzene rings is 1. The first kappa shape index (κ1) is 12.7. The normalized spacial score (nSPS) is 12.0. The van der Waals surface area contributed by atoms with E-state index in [0.29, 0.717) is 5.65 Å². The third-order valence-electron chi connectivity index (χ3n) is 3.02. The second-order valence-electron chi connectivity index (χ2n) is 4.42. The Labute approximate surface area is 112 Å². The van der Waals surface area contributed by atoms with Gasteiger partial charge in [-0.05, 0) is 25.1 Å². The van der Waals surface area contributed by atoms with Crippen LogP contribution in [0.15, 0.2) is 42.5 Å². The van der Waals surface area contributed by atoms with Gasteiger partial charge in [0.2, 0.25) is 0 Å². The van der Waals surface area contributed by atoms with Gasteiger partial charge in [-0.3, -0.25) is 0 Å². The summed E-state index contributed by atoms with van der Waals surface area (Å²) in [5, 5.41) is 4.16. The van der Waals surface area contributed by atoms with E-state index >= 15 is 0 Å². The SMILES string of the molecule is Cc1cccc2nc(-c3ccccc3C(F)(F)F)nn12. The van der Waals surface area contributed by atoms with Crippen LogP contribution in [0.2, 0.25) is 0 Å². The fourth-order valence-electron chi connectivity index (χ4n) is 2.08. The van der Waals surface area contributed by atoms with Gasteiger partial charge >= 0.3 is 6.18 Å². The highest BCUT2D eigenvalue weighted by Gasteiger charge is 2.34. The first-order chi connectivity index (χ1) is 9.47. The van der Waals surface area contributed by atoms with Gasteiger partial charge in [-0.2, -0.15) is 13.2 Å². The minimum absolute atomic E-state index is 0.0110. The predicted octanol–water partition coefficient (Wildman–Crippen LogP) is 3.72. The zero-order valence-electron chi connectivity index (χ0n) is 10.5. The molecule has 3 rings (SSSR count). The van der Waals surface area contributed by atoms with Gasteiger partial charge in [-0.25, -0.2) is 9.50 Å². The van der Waals surface area contributed by atoms with Crippen molar-refractivity contribution in [1.82, 2.24) is 14.6 Å². The van der Waals surface area contributed by atoms with Gasteiger partial charge in [0.05, 0.1) is 5.56 Å². The molecule has 20 heavy (non-hydrogen) atoms. The summed E-state index contributed by atoms with van der Waals surface area (Å²) >= 11 is 0. The van der Waals surface area contributed by atoms with Crippen LogP contribution in [0, 0.1) is 6.92 Å². The standard InChI is InChI=1S/C14H10F3N3/c1-9-5-4-8-12-18-13(19-20(9)12)10-6-2-3-7-11(10)14(15,16)17/h2-8H,1H3. The summed E-state index contributed by atoms with van der Waals surface area (Å²) in [6.07, 6.45) is -4.43. The number of aromatic nitrogens is 3. The largest absolute Gasteiger partial charge is 0.417 e. The first-order valence-corrected chi connectivity index (χ1v) is 5.96. The Morgan fingerprint density at radius 1 is 1.00 bits per heavy atom. The van der Waals surface area contributed by atoms with E-state index < -0.39 is 11.7 Å². The lowest BCUT2D eigenvalue weighted by Gasteiger charge is -2.09. The maximum absolute atomic E-state index is 13.0. The molecule has 0 aliphatic rings. The van der Waals surface area contributed by atoms with Crippen LogP contribution in [0.5, 0.6) is 0 Å². The minimum atomic E-state index is -4.43. The van der Waals surface area contributed by atoms with Crippen molar-refractivity contribution in [2.24, 2.45) is 0 Å². The molecule has 3 nitrogen and oxygen atoms in total. The molecule has 0 unspecified atom stereocenters. The summed E-state index contributed by atoms with van der Waals surface area (Å²) in [4.78, 5) is 4.17. The van der Waals surface area contributed by atoms with Gasteiger partial charge < -0.3 is 0 Å². The summed E-state index contributed by atoms with van der Waals surface area (Å²) < 4.78 is 40.5. The molecule has 0 aliphatic heterocycles. The summed E-state index contributed by atoms with van der Waals surface area (Å²) in [7, 11) is 0. The van der Waals surface area contributed by atoms with Gasteiger partial charge in [-0.15, -0.1) is 5.10 Å². The highest BCUT2D eigenvalue weighted by molar-refractivity contribution is 5.63. The van der Waals surface area contributed by atoms with Gasteiger partial charge in [-0.1, -0.05) is 24.3 Å². The summed E-state index contributed by atoms with van der Waals surface area (Å²) in [6.45, 7) is 1.82. The summed E-state index contributed by atoms with van der Waals surface area (Å²) in [5.74, 6) is 0.0761. The quantitative estimate of drug-likeness (QED) is 0.678. The highest BCUT2D eigenvalue weighted by Crippen LogP contribution is 2.35. The van der Waals surface area contributed by atoms with Crippen molar-refractivity contribution in [2.45, 2.75) is 13.1 Å². The Bertz CT molecular complexity index is 775. The highest BCUT2D eigenvalue weighted by atomic mass is 19.4. The molecule has 0 saturated carbocycles. The zero-order chi connectivity index (χ0) is 14.3. The van der Waals surface area contributed by atoms with Crippen LogP contribution in [-0.2, 0) is 6.18 Å². The number of halogens is 3. The topological polar surface area (TPSA) is 30.2 Å². The Morgan fingerprint density at radius 3 is 2.45 bits per heavy atom. The van der Waals surface area contributed by atoms with Gasteiger partial charge in [0.1, 0.15) is 0 Å². The number of fused-ring (bicyclic) bond motifs is 1. The Balaban J connectivity index is 2.24. The summed E-state index contributed by atoms with van der Waals surface area (Å²) in [6, 6.07) is 10.6. The smallest absolute Gasteiger partial charge is 0.218 e. The Kier molecular flexibility index (Phi) is 2.74. The maximum atomic E-state index is 13.0. The second-order valence-corrected chi connectivity index (χ2v) is 4.42. The van der Waals surface area contributed by atoms with E-state index in [9.17, 15) is 13.2 Å². The van der Waals surface area contributed by atoms with Gasteiger partial charge in [0.25, 0.3) is 0 Å². The fourth-order valence-corrected chi connectivity index (χ4v) is 2.08. The molecule has 0 fully saturated rings. The Hall–Kier alpha value is -2.37. The van der Waals surface area contributed by atoms with E-state index in [1.807, 2.05) is 13.0 Å². The van der Waals surface area contributed by atoms with Crippen LogP contribution in [0.4, 0.5) is 13.2 Å². The number of pyridine rings is 1. The third-order valence-corrected chi connectivity index (χ3v) is 3.02. The van der Waals surface area contributed by atoms with Crippen LogP contribution in [0.25, 0.3) is 17.0 Å². The lowest BCUT2D eigenvalue weighted by Crippen LogP contribution is -2.07. The molecule has 0 radical (unpaired) electrons. The van der Waals surface area contributed by atoms with Crippen molar-refractivity contribution >= 4 is 5.65 Å². The molecule has 3 aromatic rings. The number of alkyl halides is 3. The second kappa shape index (κ2) is 4.33. The monoisotopic (exact) mass is 277 g/mol. The average molecular weight is 277 g/mol. The van der Waals surface area contributed by atoms with Crippen molar-refractivity contribution in [3.63, 3.8) is 0 Å². The van der Waals surface area contributed by atoms with Crippen LogP contribution >= 0.6 is 0 Å². The van der Waals surface area contributed by atoms with E-state index in [1.165, 1.54) is 16.6 Å². The molecule has 0 amide bonds. The van der Waals surface area contributed by atoms with Crippen LogP contribution < -0.4 is 0 Å². The first-order valence-electron chi connectivity index (χ1n) is 5.96. The molecule has 102 valence electrons. The number of hydrogen-bond donors (Lipinski definition) is 0. The van der Waals surface area contributed by atoms with Crippen LogP contribution in [-0.4, -0.2) is 14.6 Å². The molecule has 0 N–H and O–H groups in total. The average Bonchev–Trinajstić information content (AvgIpc) is 2.83. The molecule has 0 spiro atoms. The van der Waals surface area contributed by atoms with Crippen molar-refractivity contribution in [3.8, 4) is 11.4 Å². The van der Waals surface area contributed by atoms with E-state index in [0.717, 1.165) is 11.8 Å². The third kappa shape index (κ3) is 2.03. The predicted molar refractivity (Wildman–Crippen MR) is 68.2 cm³/mol. The van der Waals surface area contributed by atoms with Gasteiger partial charge in [0, 0.05) is 11.3 Å². The molecular weight excluding hydrogens is 267 g/mol. The van der Waals surface area contributed by atoms with Crippen LogP contribution in [0.3, 0.4) is 0 Å². The summed E-state index contributed by atoms with van der Waals surface area (Å²) in [5.41, 5.74) is 0.597. The molecule has 0 bridgehead atoms. The lowest BCUT2D eigenvalue weighted by molar-refractivity contribution is -0.137. The number of nitrogens with zero attached hydrogens (tertiary/aromatic N) is 3. The molecule has 6 heteroatoms. The molecule has 0 saturated heterocycles. The number of rotatable bonds is 1. The molecule has 2 heterocycles. The minimum Gasteiger partial charge on any atom is -0.218 e. The molecule has 1 aromatic carbocycles. The molecule has 2 aromatic heterocycles. The fraction of sp³-hybridized carbons (Fsp3) is 0.143. The molecule has 0 atom stereocenters. The zero-order valence-corrected chi connectivity index (χ0v) is 10.5. The van der Waals surface area contributed by atoms with E-state index in [4.69, 9.17) is 0 Å². The Morgan fingerprint density at radius 2 is 1.75 bits per heavy atom. The molecule has 0 aliphatic carbocycles. The van der Waals surface area contributed by atoms with E-state index in [2.05, 4.69) is 10.1 Å². The van der Waals surface area contributed by atoms with Crippen molar-refractivity contribution in [1.29, 1.82) is 0 Å². The lowest BCUT2D eigenvalue weighted by atomic mass is 10.1. The van der Waals surface area contributed by atoms with E-state index in [-0.39, 0.29) is 11.4 Å². The van der Waals surface area contributed by atoms with Crippen molar-refractivity contribution in [3.05, 3.63) is 53.7 Å². The van der Waals surface area contributed by atoms with Gasteiger partial charge in [0.15, 0.2) is 11.5 Å². The van der Waals surface area contributed by atoms with Crippen molar-refractivity contribution < 1.29 is 13.2 Å². The van der Waals surface area contributed by atoms with E-state index in [1.54, 1.807) is 18.2 Å². The van der Waals surface area contributed by atoms with Crippen molar-refractivity contribution in [2.75, 3.05) is 0 Å².